The van der Waals surface area contributed by atoms with Gasteiger partial charge in [-0.15, -0.1) is 0 Å². The van der Waals surface area contributed by atoms with Crippen LogP contribution in [0.2, 0.25) is 0 Å². The number of halogens is 1. The van der Waals surface area contributed by atoms with Crippen LogP contribution in [-0.2, 0) is 0 Å². The number of carboxylic acids is 1. The monoisotopic (exact) mass is 354 g/mol. The molecule has 0 amide bonds. The largest absolute Gasteiger partial charge is 0.478 e. The second-order valence-corrected chi connectivity index (χ2v) is 5.50. The van der Waals surface area contributed by atoms with Gasteiger partial charge in [-0.05, 0) is 12.1 Å². The summed E-state index contributed by atoms with van der Waals surface area (Å²) in [5.74, 6) is -2.02. The number of hydrogen-bond donors (Lipinski definition) is 4. The number of nitrogens with one attached hydrogen (secondary N) is 1. The van der Waals surface area contributed by atoms with Gasteiger partial charge in [0.25, 0.3) is 0 Å². The summed E-state index contributed by atoms with van der Waals surface area (Å²) < 4.78 is 19.8. The van der Waals surface area contributed by atoms with E-state index in [0.717, 1.165) is 12.1 Å². The molecule has 1 aromatic carbocycles. The van der Waals surface area contributed by atoms with E-state index < -0.39 is 11.8 Å². The van der Waals surface area contributed by atoms with E-state index in [0.29, 0.717) is 11.1 Å². The molecule has 4 rings (SSSR count). The Labute approximate surface area is 144 Å². The van der Waals surface area contributed by atoms with Crippen molar-refractivity contribution in [3.63, 3.8) is 0 Å². The average Bonchev–Trinajstić information content (AvgIpc) is 3.25. The molecule has 0 aliphatic rings. The fourth-order valence-corrected chi connectivity index (χ4v) is 2.73. The summed E-state index contributed by atoms with van der Waals surface area (Å²) in [7, 11) is 0. The SMILES string of the molecule is Nc1cc(F)c(-c2ncc(-c3cn[nH]c3)c3onc(N)c23)cc1C(=O)O. The van der Waals surface area contributed by atoms with Crippen molar-refractivity contribution < 1.29 is 18.8 Å². The van der Waals surface area contributed by atoms with Gasteiger partial charge in [-0.3, -0.25) is 10.1 Å². The Hall–Kier alpha value is -3.95. The third-order valence-corrected chi connectivity index (χ3v) is 3.96. The number of carbonyl (C=O) groups is 1. The number of rotatable bonds is 3. The van der Waals surface area contributed by atoms with Crippen molar-refractivity contribution in [2.45, 2.75) is 0 Å². The first-order chi connectivity index (χ1) is 12.5. The molecule has 0 atom stereocenters. The van der Waals surface area contributed by atoms with Crippen molar-refractivity contribution in [2.24, 2.45) is 0 Å². The zero-order valence-electron chi connectivity index (χ0n) is 13.0. The highest BCUT2D eigenvalue weighted by Gasteiger charge is 2.22. The number of aromatic nitrogens is 4. The predicted molar refractivity (Wildman–Crippen MR) is 90.6 cm³/mol. The van der Waals surface area contributed by atoms with Gasteiger partial charge in [-0.2, -0.15) is 5.10 Å². The number of aromatic carboxylic acids is 1. The molecule has 0 aliphatic carbocycles. The number of aromatic amines is 1. The molecule has 0 bridgehead atoms. The number of nitrogens with two attached hydrogens (primary N) is 2. The van der Waals surface area contributed by atoms with Gasteiger partial charge in [0.2, 0.25) is 0 Å². The second-order valence-electron chi connectivity index (χ2n) is 5.50. The lowest BCUT2D eigenvalue weighted by Crippen LogP contribution is -2.04. The highest BCUT2D eigenvalue weighted by Crippen LogP contribution is 2.38. The van der Waals surface area contributed by atoms with Crippen LogP contribution >= 0.6 is 0 Å². The number of hydrogen-bond acceptors (Lipinski definition) is 7. The van der Waals surface area contributed by atoms with Crippen LogP contribution in [0.3, 0.4) is 0 Å². The molecule has 0 aliphatic heterocycles. The van der Waals surface area contributed by atoms with Gasteiger partial charge < -0.3 is 21.1 Å². The molecule has 0 spiro atoms. The van der Waals surface area contributed by atoms with Gasteiger partial charge in [-0.25, -0.2) is 9.18 Å². The van der Waals surface area contributed by atoms with Crippen molar-refractivity contribution in [3.05, 3.63) is 42.1 Å². The molecule has 0 saturated carbocycles. The van der Waals surface area contributed by atoms with E-state index in [9.17, 15) is 14.3 Å². The number of fused-ring (bicyclic) bond motifs is 1. The minimum absolute atomic E-state index is 0.000875. The summed E-state index contributed by atoms with van der Waals surface area (Å²) >= 11 is 0. The highest BCUT2D eigenvalue weighted by molar-refractivity contribution is 6.06. The van der Waals surface area contributed by atoms with E-state index in [2.05, 4.69) is 20.3 Å². The van der Waals surface area contributed by atoms with Crippen LogP contribution in [-0.4, -0.2) is 31.4 Å². The van der Waals surface area contributed by atoms with Gasteiger partial charge in [-0.1, -0.05) is 5.16 Å². The Morgan fingerprint density at radius 1 is 1.23 bits per heavy atom. The standard InChI is InChI=1S/C16H11FN6O3/c17-10-2-11(18)8(16(24)25)1-7(10)13-12-14(26-23-15(12)19)9(5-20-13)6-3-21-22-4-6/h1-5H,18H2,(H2,19,23)(H,21,22)(H,24,25). The quantitative estimate of drug-likeness (QED) is 0.408. The summed E-state index contributed by atoms with van der Waals surface area (Å²) in [6.07, 6.45) is 4.63. The van der Waals surface area contributed by atoms with Crippen LogP contribution in [0, 0.1) is 5.82 Å². The lowest BCUT2D eigenvalue weighted by molar-refractivity contribution is 0.0698. The van der Waals surface area contributed by atoms with Crippen molar-refractivity contribution in [2.75, 3.05) is 11.5 Å². The summed E-state index contributed by atoms with van der Waals surface area (Å²) in [6, 6.07) is 2.04. The molecule has 0 saturated heterocycles. The molecule has 3 heterocycles. The molecule has 0 fully saturated rings. The van der Waals surface area contributed by atoms with E-state index in [1.165, 1.54) is 6.20 Å². The predicted octanol–water partition coefficient (Wildman–Crippen LogP) is 2.28. The maximum absolute atomic E-state index is 14.5. The molecule has 6 N–H and O–H groups in total. The minimum Gasteiger partial charge on any atom is -0.478 e. The van der Waals surface area contributed by atoms with Crippen LogP contribution in [0.25, 0.3) is 33.4 Å². The third kappa shape index (κ3) is 2.24. The molecule has 26 heavy (non-hydrogen) atoms. The van der Waals surface area contributed by atoms with Gasteiger partial charge >= 0.3 is 5.97 Å². The number of pyridine rings is 1. The number of nitrogens with zero attached hydrogens (tertiary/aromatic N) is 3. The Morgan fingerprint density at radius 2 is 2.04 bits per heavy atom. The molecule has 3 aromatic heterocycles. The molecule has 4 aromatic rings. The van der Waals surface area contributed by atoms with Crippen LogP contribution in [0.1, 0.15) is 10.4 Å². The molecule has 0 unspecified atom stereocenters. The number of carboxylic acid groups (broad SMARTS) is 1. The van der Waals surface area contributed by atoms with E-state index in [-0.39, 0.29) is 39.3 Å². The maximum atomic E-state index is 14.5. The summed E-state index contributed by atoms with van der Waals surface area (Å²) in [5, 5.41) is 19.8. The Morgan fingerprint density at radius 3 is 2.73 bits per heavy atom. The van der Waals surface area contributed by atoms with Crippen LogP contribution in [0.15, 0.2) is 35.2 Å². The van der Waals surface area contributed by atoms with Gasteiger partial charge in [0, 0.05) is 34.8 Å². The second kappa shape index (κ2) is 5.55. The first-order valence-corrected chi connectivity index (χ1v) is 7.33. The molecule has 9 nitrogen and oxygen atoms in total. The van der Waals surface area contributed by atoms with E-state index in [4.69, 9.17) is 16.0 Å². The summed E-state index contributed by atoms with van der Waals surface area (Å²) in [5.41, 5.74) is 12.6. The lowest BCUT2D eigenvalue weighted by Gasteiger charge is -2.09. The Bertz CT molecular complexity index is 1150. The smallest absolute Gasteiger partial charge is 0.337 e. The molecular formula is C16H11FN6O3. The van der Waals surface area contributed by atoms with E-state index >= 15 is 0 Å². The molecular weight excluding hydrogens is 343 g/mol. The van der Waals surface area contributed by atoms with Crippen molar-refractivity contribution in [1.29, 1.82) is 0 Å². The van der Waals surface area contributed by atoms with Crippen LogP contribution in [0.4, 0.5) is 15.9 Å². The molecule has 0 radical (unpaired) electrons. The fraction of sp³-hybridized carbons (Fsp3) is 0. The van der Waals surface area contributed by atoms with Crippen LogP contribution in [0.5, 0.6) is 0 Å². The third-order valence-electron chi connectivity index (χ3n) is 3.96. The lowest BCUT2D eigenvalue weighted by atomic mass is 10.0. The van der Waals surface area contributed by atoms with Crippen molar-refractivity contribution >= 4 is 28.4 Å². The zero-order chi connectivity index (χ0) is 18.4. The first kappa shape index (κ1) is 15.6. The maximum Gasteiger partial charge on any atom is 0.337 e. The van der Waals surface area contributed by atoms with Gasteiger partial charge in [0.05, 0.1) is 22.8 Å². The van der Waals surface area contributed by atoms with E-state index in [1.54, 1.807) is 12.4 Å². The van der Waals surface area contributed by atoms with Crippen molar-refractivity contribution in [1.82, 2.24) is 20.3 Å². The summed E-state index contributed by atoms with van der Waals surface area (Å²) in [6.45, 7) is 0. The average molecular weight is 354 g/mol. The van der Waals surface area contributed by atoms with Gasteiger partial charge in [0.15, 0.2) is 11.4 Å². The fourth-order valence-electron chi connectivity index (χ4n) is 2.73. The number of benzene rings is 1. The Kier molecular flexibility index (Phi) is 3.32. The normalized spacial score (nSPS) is 11.1. The first-order valence-electron chi connectivity index (χ1n) is 7.33. The zero-order valence-corrected chi connectivity index (χ0v) is 13.0. The highest BCUT2D eigenvalue weighted by atomic mass is 19.1. The van der Waals surface area contributed by atoms with Crippen molar-refractivity contribution in [3.8, 4) is 22.4 Å². The number of H-pyrrole nitrogens is 1. The molecule has 10 heteroatoms. The molecule has 130 valence electrons. The topological polar surface area (TPSA) is 157 Å². The van der Waals surface area contributed by atoms with Crippen LogP contribution < -0.4 is 11.5 Å². The van der Waals surface area contributed by atoms with Gasteiger partial charge in [0.1, 0.15) is 5.82 Å². The number of nitrogen functional groups attached to an aromatic ring is 2. The number of anilines is 2. The summed E-state index contributed by atoms with van der Waals surface area (Å²) in [4.78, 5) is 15.6. The minimum atomic E-state index is -1.28. The Balaban J connectivity index is 2.03. The van der Waals surface area contributed by atoms with E-state index in [1.807, 2.05) is 0 Å².